The number of aromatic nitrogens is 1. The largest absolute Gasteiger partial charge is 0.325 e. The van der Waals surface area contributed by atoms with Crippen molar-refractivity contribution >= 4 is 46.6 Å². The standard InChI is InChI=1S/C14H12Cl2N2OS/c1-9(20-13-7-4-11(16)8-17-13)14(19)18-12-5-2-10(15)3-6-12/h2-9H,1H3,(H,18,19). The monoisotopic (exact) mass is 326 g/mol. The fourth-order valence-corrected chi connectivity index (χ4v) is 2.47. The lowest BCUT2D eigenvalue weighted by molar-refractivity contribution is -0.115. The summed E-state index contributed by atoms with van der Waals surface area (Å²) in [5.41, 5.74) is 0.718. The maximum Gasteiger partial charge on any atom is 0.237 e. The van der Waals surface area contributed by atoms with Crippen molar-refractivity contribution in [2.45, 2.75) is 17.2 Å². The van der Waals surface area contributed by atoms with E-state index >= 15 is 0 Å². The van der Waals surface area contributed by atoms with Crippen molar-refractivity contribution in [2.75, 3.05) is 5.32 Å². The highest BCUT2D eigenvalue weighted by molar-refractivity contribution is 8.00. The Morgan fingerprint density at radius 3 is 2.40 bits per heavy atom. The molecule has 1 heterocycles. The normalized spacial score (nSPS) is 11.9. The lowest BCUT2D eigenvalue weighted by atomic mass is 10.3. The van der Waals surface area contributed by atoms with E-state index in [-0.39, 0.29) is 11.2 Å². The van der Waals surface area contributed by atoms with Gasteiger partial charge in [-0.05, 0) is 43.3 Å². The van der Waals surface area contributed by atoms with Crippen LogP contribution in [0.3, 0.4) is 0 Å². The van der Waals surface area contributed by atoms with Crippen LogP contribution in [0.5, 0.6) is 0 Å². The average Bonchev–Trinajstić information content (AvgIpc) is 2.44. The van der Waals surface area contributed by atoms with Crippen LogP contribution in [-0.4, -0.2) is 16.1 Å². The van der Waals surface area contributed by atoms with Gasteiger partial charge in [-0.15, -0.1) is 0 Å². The molecule has 0 spiro atoms. The highest BCUT2D eigenvalue weighted by Gasteiger charge is 2.15. The molecule has 0 saturated heterocycles. The number of rotatable bonds is 4. The Labute approximate surface area is 131 Å². The second-order valence-electron chi connectivity index (χ2n) is 4.07. The number of nitrogens with zero attached hydrogens (tertiary/aromatic N) is 1. The van der Waals surface area contributed by atoms with E-state index in [1.165, 1.54) is 11.8 Å². The molecule has 0 bridgehead atoms. The topological polar surface area (TPSA) is 42.0 Å². The molecule has 1 amide bonds. The first-order chi connectivity index (χ1) is 9.54. The van der Waals surface area contributed by atoms with Gasteiger partial charge >= 0.3 is 0 Å². The molecule has 1 aromatic carbocycles. The van der Waals surface area contributed by atoms with E-state index in [4.69, 9.17) is 23.2 Å². The van der Waals surface area contributed by atoms with Gasteiger partial charge < -0.3 is 5.32 Å². The first-order valence-electron chi connectivity index (χ1n) is 5.89. The zero-order chi connectivity index (χ0) is 14.5. The van der Waals surface area contributed by atoms with Gasteiger partial charge in [0.25, 0.3) is 0 Å². The summed E-state index contributed by atoms with van der Waals surface area (Å²) < 4.78 is 0. The third kappa shape index (κ3) is 4.40. The molecule has 2 rings (SSSR count). The van der Waals surface area contributed by atoms with E-state index in [1.807, 2.05) is 6.92 Å². The number of hydrogen-bond donors (Lipinski definition) is 1. The van der Waals surface area contributed by atoms with Crippen LogP contribution in [0.15, 0.2) is 47.6 Å². The minimum Gasteiger partial charge on any atom is -0.325 e. The summed E-state index contributed by atoms with van der Waals surface area (Å²) in [5, 5.41) is 4.53. The summed E-state index contributed by atoms with van der Waals surface area (Å²) in [6.45, 7) is 1.83. The average molecular weight is 327 g/mol. The number of benzene rings is 1. The molecule has 0 radical (unpaired) electrons. The van der Waals surface area contributed by atoms with Crippen molar-refractivity contribution in [3.8, 4) is 0 Å². The van der Waals surface area contributed by atoms with E-state index in [9.17, 15) is 4.79 Å². The van der Waals surface area contributed by atoms with Crippen molar-refractivity contribution in [3.63, 3.8) is 0 Å². The molecule has 0 aliphatic heterocycles. The molecule has 0 aliphatic rings. The van der Waals surface area contributed by atoms with Crippen molar-refractivity contribution in [1.82, 2.24) is 4.98 Å². The smallest absolute Gasteiger partial charge is 0.237 e. The SMILES string of the molecule is CC(Sc1ccc(Cl)cn1)C(=O)Nc1ccc(Cl)cc1. The number of amides is 1. The summed E-state index contributed by atoms with van der Waals surface area (Å²) >= 11 is 12.9. The Kier molecular flexibility index (Phi) is 5.29. The number of thioether (sulfide) groups is 1. The molecule has 0 saturated carbocycles. The number of carbonyl (C=O) groups is 1. The van der Waals surface area contributed by atoms with E-state index < -0.39 is 0 Å². The summed E-state index contributed by atoms with van der Waals surface area (Å²) in [6.07, 6.45) is 1.56. The van der Waals surface area contributed by atoms with Crippen LogP contribution in [0.1, 0.15) is 6.92 Å². The van der Waals surface area contributed by atoms with Gasteiger partial charge in [0, 0.05) is 16.9 Å². The maximum absolute atomic E-state index is 12.0. The Balaban J connectivity index is 1.94. The molecule has 1 aromatic heterocycles. The van der Waals surface area contributed by atoms with Gasteiger partial charge in [-0.1, -0.05) is 35.0 Å². The fraction of sp³-hybridized carbons (Fsp3) is 0.143. The molecule has 1 N–H and O–H groups in total. The predicted octanol–water partition coefficient (Wildman–Crippen LogP) is 4.51. The Morgan fingerprint density at radius 1 is 1.15 bits per heavy atom. The number of pyridine rings is 1. The number of nitrogens with one attached hydrogen (secondary N) is 1. The van der Waals surface area contributed by atoms with E-state index in [2.05, 4.69) is 10.3 Å². The van der Waals surface area contributed by atoms with Crippen molar-refractivity contribution < 1.29 is 4.79 Å². The number of hydrogen-bond acceptors (Lipinski definition) is 3. The zero-order valence-electron chi connectivity index (χ0n) is 10.6. The lowest BCUT2D eigenvalue weighted by Gasteiger charge is -2.11. The minimum atomic E-state index is -0.264. The minimum absolute atomic E-state index is 0.0888. The molecular weight excluding hydrogens is 315 g/mol. The highest BCUT2D eigenvalue weighted by atomic mass is 35.5. The van der Waals surface area contributed by atoms with E-state index in [0.29, 0.717) is 10.0 Å². The van der Waals surface area contributed by atoms with Crippen LogP contribution in [-0.2, 0) is 4.79 Å². The van der Waals surface area contributed by atoms with E-state index in [1.54, 1.807) is 42.6 Å². The molecule has 1 unspecified atom stereocenters. The van der Waals surface area contributed by atoms with E-state index in [0.717, 1.165) is 10.7 Å². The molecule has 104 valence electrons. The number of carbonyl (C=O) groups excluding carboxylic acids is 1. The first-order valence-corrected chi connectivity index (χ1v) is 7.53. The van der Waals surface area contributed by atoms with Gasteiger partial charge in [0.1, 0.15) is 0 Å². The third-order valence-corrected chi connectivity index (χ3v) is 4.00. The molecule has 1 atom stereocenters. The fourth-order valence-electron chi connectivity index (χ4n) is 1.44. The quantitative estimate of drug-likeness (QED) is 0.840. The Hall–Kier alpha value is -1.23. The van der Waals surface area contributed by atoms with Crippen LogP contribution in [0.4, 0.5) is 5.69 Å². The second-order valence-corrected chi connectivity index (χ2v) is 6.30. The van der Waals surface area contributed by atoms with Gasteiger partial charge in [-0.25, -0.2) is 4.98 Å². The Morgan fingerprint density at radius 2 is 1.80 bits per heavy atom. The van der Waals surface area contributed by atoms with Gasteiger partial charge in [0.2, 0.25) is 5.91 Å². The Bertz CT molecular complexity index is 587. The van der Waals surface area contributed by atoms with Crippen molar-refractivity contribution in [2.24, 2.45) is 0 Å². The summed E-state index contributed by atoms with van der Waals surface area (Å²) in [5.74, 6) is -0.0888. The molecular formula is C14H12Cl2N2OS. The van der Waals surface area contributed by atoms with Crippen LogP contribution in [0.2, 0.25) is 10.0 Å². The molecule has 20 heavy (non-hydrogen) atoms. The second kappa shape index (κ2) is 6.97. The van der Waals surface area contributed by atoms with Crippen LogP contribution >= 0.6 is 35.0 Å². The predicted molar refractivity (Wildman–Crippen MR) is 84.6 cm³/mol. The number of anilines is 1. The summed E-state index contributed by atoms with van der Waals surface area (Å²) in [6, 6.07) is 10.5. The van der Waals surface area contributed by atoms with Crippen LogP contribution < -0.4 is 5.32 Å². The van der Waals surface area contributed by atoms with Crippen molar-refractivity contribution in [3.05, 3.63) is 52.6 Å². The maximum atomic E-state index is 12.0. The van der Waals surface area contributed by atoms with Gasteiger partial charge in [0.05, 0.1) is 15.3 Å². The zero-order valence-corrected chi connectivity index (χ0v) is 13.0. The third-order valence-electron chi connectivity index (χ3n) is 2.48. The van der Waals surface area contributed by atoms with Crippen LogP contribution in [0.25, 0.3) is 0 Å². The van der Waals surface area contributed by atoms with Crippen LogP contribution in [0, 0.1) is 0 Å². The molecule has 2 aromatic rings. The van der Waals surface area contributed by atoms with Gasteiger partial charge in [-0.3, -0.25) is 4.79 Å². The van der Waals surface area contributed by atoms with Gasteiger partial charge in [-0.2, -0.15) is 0 Å². The molecule has 3 nitrogen and oxygen atoms in total. The first kappa shape index (κ1) is 15.2. The lowest BCUT2D eigenvalue weighted by Crippen LogP contribution is -2.22. The highest BCUT2D eigenvalue weighted by Crippen LogP contribution is 2.23. The summed E-state index contributed by atoms with van der Waals surface area (Å²) in [4.78, 5) is 16.2. The van der Waals surface area contributed by atoms with Crippen molar-refractivity contribution in [1.29, 1.82) is 0 Å². The molecule has 6 heteroatoms. The summed E-state index contributed by atoms with van der Waals surface area (Å²) in [7, 11) is 0. The molecule has 0 aliphatic carbocycles. The molecule has 0 fully saturated rings. The number of halogens is 2. The van der Waals surface area contributed by atoms with Gasteiger partial charge in [0.15, 0.2) is 0 Å².